The van der Waals surface area contributed by atoms with E-state index < -0.39 is 11.6 Å². The van der Waals surface area contributed by atoms with Crippen LogP contribution in [-0.4, -0.2) is 54.0 Å². The number of benzene rings is 1. The van der Waals surface area contributed by atoms with Crippen molar-refractivity contribution < 1.29 is 18.4 Å². The molecule has 1 saturated carbocycles. The Labute approximate surface area is 169 Å². The van der Waals surface area contributed by atoms with Crippen LogP contribution in [0.15, 0.2) is 23.8 Å². The van der Waals surface area contributed by atoms with Gasteiger partial charge in [0.2, 0.25) is 5.91 Å². The lowest BCUT2D eigenvalue weighted by Crippen LogP contribution is -2.51. The third-order valence-electron chi connectivity index (χ3n) is 6.07. The third kappa shape index (κ3) is 4.95. The Morgan fingerprint density at radius 3 is 2.31 bits per heavy atom. The Kier molecular flexibility index (Phi) is 5.83. The highest BCUT2D eigenvalue weighted by atomic mass is 19.1. The Bertz CT molecular complexity index is 804. The van der Waals surface area contributed by atoms with Crippen molar-refractivity contribution in [1.29, 1.82) is 0 Å². The van der Waals surface area contributed by atoms with Gasteiger partial charge in [0, 0.05) is 43.7 Å². The van der Waals surface area contributed by atoms with Gasteiger partial charge in [0.05, 0.1) is 0 Å². The number of halogens is 2. The van der Waals surface area contributed by atoms with Crippen molar-refractivity contribution in [1.82, 2.24) is 15.1 Å². The summed E-state index contributed by atoms with van der Waals surface area (Å²) in [5.41, 5.74) is 1.27. The zero-order valence-corrected chi connectivity index (χ0v) is 16.5. The highest BCUT2D eigenvalue weighted by Crippen LogP contribution is 2.32. The van der Waals surface area contributed by atoms with Crippen LogP contribution in [0.4, 0.5) is 13.6 Å². The van der Waals surface area contributed by atoms with Crippen molar-refractivity contribution >= 4 is 18.0 Å². The molecule has 3 aliphatic rings. The molecule has 3 amide bonds. The van der Waals surface area contributed by atoms with E-state index in [1.165, 1.54) is 6.07 Å². The summed E-state index contributed by atoms with van der Waals surface area (Å²) in [5, 5.41) is 3.09. The van der Waals surface area contributed by atoms with Gasteiger partial charge < -0.3 is 15.1 Å². The molecule has 7 heteroatoms. The van der Waals surface area contributed by atoms with Crippen LogP contribution < -0.4 is 5.32 Å². The smallest absolute Gasteiger partial charge is 0.317 e. The molecular weight excluding hydrogens is 376 g/mol. The van der Waals surface area contributed by atoms with Crippen molar-refractivity contribution in [3.05, 3.63) is 41.0 Å². The highest BCUT2D eigenvalue weighted by molar-refractivity contribution is 5.81. The summed E-state index contributed by atoms with van der Waals surface area (Å²) in [4.78, 5) is 28.4. The number of nitrogens with zero attached hydrogens (tertiary/aromatic N) is 2. The molecule has 2 aliphatic heterocycles. The molecule has 0 bridgehead atoms. The standard InChI is InChI=1S/C22H27F2N3O2/c23-18-3-4-20(24)17(14-18)13-15-5-9-27(10-6-15)22(29)25-19-7-11-26(12-8-19)21(28)16-1-2-16/h3-4,13-14,16,19H,1-2,5-12H2,(H,25,29). The van der Waals surface area contributed by atoms with Crippen LogP contribution in [0.2, 0.25) is 0 Å². The first-order valence-electron chi connectivity index (χ1n) is 10.5. The maximum atomic E-state index is 13.8. The lowest BCUT2D eigenvalue weighted by molar-refractivity contribution is -0.133. The van der Waals surface area contributed by atoms with Gasteiger partial charge in [0.15, 0.2) is 0 Å². The van der Waals surface area contributed by atoms with Crippen molar-refractivity contribution in [2.45, 2.75) is 44.6 Å². The first kappa shape index (κ1) is 19.9. The van der Waals surface area contributed by atoms with Gasteiger partial charge in [-0.25, -0.2) is 13.6 Å². The van der Waals surface area contributed by atoms with Crippen molar-refractivity contribution in [2.75, 3.05) is 26.2 Å². The van der Waals surface area contributed by atoms with Gasteiger partial charge >= 0.3 is 6.03 Å². The Hall–Kier alpha value is -2.44. The lowest BCUT2D eigenvalue weighted by Gasteiger charge is -2.35. The fourth-order valence-corrected chi connectivity index (χ4v) is 4.09. The summed E-state index contributed by atoms with van der Waals surface area (Å²) in [6.07, 6.45) is 6.62. The molecule has 1 aliphatic carbocycles. The largest absolute Gasteiger partial charge is 0.342 e. The normalized spacial score (nSPS) is 20.6. The van der Waals surface area contributed by atoms with Crippen molar-refractivity contribution in [2.24, 2.45) is 5.92 Å². The summed E-state index contributed by atoms with van der Waals surface area (Å²) in [6.45, 7) is 2.56. The van der Waals surface area contributed by atoms with Gasteiger partial charge in [0.25, 0.3) is 0 Å². The van der Waals surface area contributed by atoms with Gasteiger partial charge in [-0.05, 0) is 56.7 Å². The third-order valence-corrected chi connectivity index (χ3v) is 6.07. The van der Waals surface area contributed by atoms with E-state index >= 15 is 0 Å². The molecule has 156 valence electrons. The maximum Gasteiger partial charge on any atom is 0.317 e. The number of rotatable bonds is 3. The quantitative estimate of drug-likeness (QED) is 0.839. The number of hydrogen-bond acceptors (Lipinski definition) is 2. The molecule has 5 nitrogen and oxygen atoms in total. The molecule has 1 aromatic carbocycles. The van der Waals surface area contributed by atoms with Gasteiger partial charge in [-0.2, -0.15) is 0 Å². The van der Waals surface area contributed by atoms with Crippen LogP contribution in [0.25, 0.3) is 6.08 Å². The van der Waals surface area contributed by atoms with E-state index in [0.717, 1.165) is 43.4 Å². The van der Waals surface area contributed by atoms with Crippen LogP contribution >= 0.6 is 0 Å². The second-order valence-corrected chi connectivity index (χ2v) is 8.28. The average molecular weight is 403 g/mol. The lowest BCUT2D eigenvalue weighted by atomic mass is 10.0. The van der Waals surface area contributed by atoms with Gasteiger partial charge in [-0.15, -0.1) is 0 Å². The molecule has 29 heavy (non-hydrogen) atoms. The molecule has 1 N–H and O–H groups in total. The summed E-state index contributed by atoms with van der Waals surface area (Å²) in [7, 11) is 0. The van der Waals surface area contributed by atoms with Crippen molar-refractivity contribution in [3.8, 4) is 0 Å². The van der Waals surface area contributed by atoms with Crippen LogP contribution in [0.3, 0.4) is 0 Å². The molecule has 0 unspecified atom stereocenters. The maximum absolute atomic E-state index is 13.8. The summed E-state index contributed by atoms with van der Waals surface area (Å²) in [5.74, 6) is -0.372. The Morgan fingerprint density at radius 1 is 0.966 bits per heavy atom. The zero-order valence-electron chi connectivity index (χ0n) is 16.5. The molecule has 0 radical (unpaired) electrons. The summed E-state index contributed by atoms with van der Waals surface area (Å²) in [6, 6.07) is 3.46. The molecule has 0 aromatic heterocycles. The number of hydrogen-bond donors (Lipinski definition) is 1. The summed E-state index contributed by atoms with van der Waals surface area (Å²) < 4.78 is 27.1. The number of piperidine rings is 2. The first-order chi connectivity index (χ1) is 14.0. The topological polar surface area (TPSA) is 52.7 Å². The van der Waals surface area contributed by atoms with Crippen LogP contribution in [-0.2, 0) is 4.79 Å². The minimum atomic E-state index is -0.458. The number of nitrogens with one attached hydrogen (secondary N) is 1. The predicted molar refractivity (Wildman–Crippen MR) is 106 cm³/mol. The van der Waals surface area contributed by atoms with Crippen LogP contribution in [0.5, 0.6) is 0 Å². The number of carbonyl (C=O) groups excluding carboxylic acids is 2. The molecule has 0 spiro atoms. The summed E-state index contributed by atoms with van der Waals surface area (Å²) >= 11 is 0. The molecule has 3 fully saturated rings. The number of urea groups is 1. The van der Waals surface area contributed by atoms with E-state index in [4.69, 9.17) is 0 Å². The van der Waals surface area contributed by atoms with Crippen molar-refractivity contribution in [3.63, 3.8) is 0 Å². The number of likely N-dealkylation sites (tertiary alicyclic amines) is 2. The molecular formula is C22H27F2N3O2. The van der Waals surface area contributed by atoms with Gasteiger partial charge in [-0.3, -0.25) is 4.79 Å². The van der Waals surface area contributed by atoms with E-state index in [1.807, 2.05) is 4.90 Å². The molecule has 1 aromatic rings. The molecule has 2 saturated heterocycles. The Balaban J connectivity index is 1.23. The van der Waals surface area contributed by atoms with E-state index in [1.54, 1.807) is 11.0 Å². The van der Waals surface area contributed by atoms with Crippen LogP contribution in [0.1, 0.15) is 44.1 Å². The fourth-order valence-electron chi connectivity index (χ4n) is 4.09. The fraction of sp³-hybridized carbons (Fsp3) is 0.545. The second kappa shape index (κ2) is 8.51. The van der Waals surface area contributed by atoms with E-state index in [9.17, 15) is 18.4 Å². The average Bonchev–Trinajstić information content (AvgIpc) is 3.57. The minimum absolute atomic E-state index is 0.0760. The van der Waals surface area contributed by atoms with E-state index in [0.29, 0.717) is 39.0 Å². The second-order valence-electron chi connectivity index (χ2n) is 8.28. The number of amides is 3. The van der Waals surface area contributed by atoms with Gasteiger partial charge in [-0.1, -0.05) is 11.6 Å². The number of carbonyl (C=O) groups is 2. The SMILES string of the molecule is O=C(NC1CCN(C(=O)C2CC2)CC1)N1CCC(=Cc2cc(F)ccc2F)CC1. The monoisotopic (exact) mass is 403 g/mol. The van der Waals surface area contributed by atoms with Crippen LogP contribution in [0, 0.1) is 17.6 Å². The van der Waals surface area contributed by atoms with Gasteiger partial charge in [0.1, 0.15) is 11.6 Å². The molecule has 2 heterocycles. The predicted octanol–water partition coefficient (Wildman–Crippen LogP) is 3.55. The van der Waals surface area contributed by atoms with E-state index in [2.05, 4.69) is 5.32 Å². The zero-order chi connectivity index (χ0) is 20.4. The molecule has 4 rings (SSSR count). The first-order valence-corrected chi connectivity index (χ1v) is 10.5. The Morgan fingerprint density at radius 2 is 1.66 bits per heavy atom. The molecule has 0 atom stereocenters. The highest BCUT2D eigenvalue weighted by Gasteiger charge is 2.35. The minimum Gasteiger partial charge on any atom is -0.342 e. The van der Waals surface area contributed by atoms with E-state index in [-0.39, 0.29) is 29.5 Å².